The molecule has 1 aromatic rings. The van der Waals surface area contributed by atoms with Crippen LogP contribution >= 0.6 is 0 Å². The van der Waals surface area contributed by atoms with Crippen LogP contribution in [0, 0.1) is 11.8 Å². The van der Waals surface area contributed by atoms with Crippen LogP contribution in [0.5, 0.6) is 5.75 Å². The highest BCUT2D eigenvalue weighted by Gasteiger charge is 2.63. The van der Waals surface area contributed by atoms with E-state index in [4.69, 9.17) is 5.73 Å². The number of benzene rings is 1. The van der Waals surface area contributed by atoms with E-state index >= 15 is 0 Å². The van der Waals surface area contributed by atoms with E-state index in [1.165, 1.54) is 25.1 Å². The number of rotatable bonds is 6. The summed E-state index contributed by atoms with van der Waals surface area (Å²) in [6, 6.07) is -1.56. The highest BCUT2D eigenvalue weighted by atomic mass is 19.4. The van der Waals surface area contributed by atoms with Gasteiger partial charge in [-0.3, -0.25) is 19.3 Å². The van der Waals surface area contributed by atoms with Gasteiger partial charge in [-0.2, -0.15) is 13.2 Å². The lowest BCUT2D eigenvalue weighted by atomic mass is 9.58. The highest BCUT2D eigenvalue weighted by Crippen LogP contribution is 2.53. The van der Waals surface area contributed by atoms with Crippen LogP contribution in [0.15, 0.2) is 28.7 Å². The lowest BCUT2D eigenvalue weighted by Crippen LogP contribution is -2.63. The van der Waals surface area contributed by atoms with E-state index < -0.39 is 82.6 Å². The molecule has 0 spiro atoms. The number of carbonyl (C=O) groups excluding carboxylic acids is 3. The first kappa shape index (κ1) is 30.3. The number of nitrogens with zero attached hydrogens (tertiary/aromatic N) is 2. The minimum absolute atomic E-state index is 0.00637. The standard InChI is InChI=1S/C27H33F3N4O7/c1-10(27(28,29)30)32-9-12-8-15(33(2)3)13-6-11-7-14-19(34(4)5)22(37)18(25(31)40)24(39)26(14,41)23(38)16(11)21(36)17(13)20(12)35/h8,10-11,14,19,32,35,37-38,41H,6-7,9H2,1-5H3,(H2,31,40)/t10?,11-,14-,19?,26-/m0/s1. The first-order chi connectivity index (χ1) is 18.8. The number of primary amides is 1. The molecule has 0 bridgehead atoms. The molecule has 3 aliphatic carbocycles. The maximum atomic E-state index is 13.9. The SMILES string of the molecule is CC(NCc1cc(N(C)C)c2c(c1O)C(=O)C1=C(O)[C@]3(O)C(=O)C(C(N)=O)=C(O)C(N(C)C)[C@@H]3C[C@@H]1C2)C(F)(F)F. The zero-order valence-electron chi connectivity index (χ0n) is 23.1. The number of nitrogens with two attached hydrogens (primary N) is 1. The van der Waals surface area contributed by atoms with E-state index in [9.17, 15) is 48.0 Å². The Morgan fingerprint density at radius 2 is 1.80 bits per heavy atom. The maximum Gasteiger partial charge on any atom is 0.403 e. The third kappa shape index (κ3) is 4.53. The van der Waals surface area contributed by atoms with E-state index in [-0.39, 0.29) is 29.5 Å². The molecule has 224 valence electrons. The molecule has 2 unspecified atom stereocenters. The number of nitrogens with one attached hydrogen (secondary N) is 1. The molecule has 0 saturated heterocycles. The van der Waals surface area contributed by atoms with Gasteiger partial charge in [-0.15, -0.1) is 0 Å². The first-order valence-corrected chi connectivity index (χ1v) is 12.8. The van der Waals surface area contributed by atoms with Gasteiger partial charge in [0.05, 0.1) is 11.6 Å². The molecule has 5 atom stereocenters. The topological polar surface area (TPSA) is 177 Å². The van der Waals surface area contributed by atoms with Gasteiger partial charge in [0, 0.05) is 43.4 Å². The Kier molecular flexibility index (Phi) is 7.42. The van der Waals surface area contributed by atoms with Gasteiger partial charge in [-0.25, -0.2) is 0 Å². The van der Waals surface area contributed by atoms with Gasteiger partial charge in [0.1, 0.15) is 28.9 Å². The van der Waals surface area contributed by atoms with Crippen LogP contribution < -0.4 is 16.0 Å². The van der Waals surface area contributed by atoms with E-state index in [2.05, 4.69) is 5.32 Å². The number of halogens is 3. The van der Waals surface area contributed by atoms with Crippen molar-refractivity contribution in [1.29, 1.82) is 0 Å². The van der Waals surface area contributed by atoms with Crippen molar-refractivity contribution in [2.24, 2.45) is 17.6 Å². The lowest BCUT2D eigenvalue weighted by molar-refractivity contribution is -0.152. The summed E-state index contributed by atoms with van der Waals surface area (Å²) in [6.45, 7) is 0.470. The van der Waals surface area contributed by atoms with Crippen LogP contribution in [0.1, 0.15) is 34.8 Å². The summed E-state index contributed by atoms with van der Waals surface area (Å²) in [6.07, 6.45) is -4.57. The van der Waals surface area contributed by atoms with E-state index in [1.807, 2.05) is 0 Å². The summed E-state index contributed by atoms with van der Waals surface area (Å²) in [5.74, 6) is -7.82. The van der Waals surface area contributed by atoms with Crippen molar-refractivity contribution in [2.45, 2.75) is 50.2 Å². The second-order valence-electron chi connectivity index (χ2n) is 11.3. The molecule has 1 aromatic carbocycles. The number of Topliss-reactive ketones (excluding diaryl/α,β-unsaturated/α-hetero) is 2. The number of aromatic hydroxyl groups is 1. The van der Waals surface area contributed by atoms with Crippen molar-refractivity contribution in [3.63, 3.8) is 0 Å². The molecule has 1 amide bonds. The molecule has 0 aliphatic heterocycles. The number of hydrogen-bond donors (Lipinski definition) is 6. The number of likely N-dealkylation sites (N-methyl/N-ethyl adjacent to an activating group) is 1. The summed E-state index contributed by atoms with van der Waals surface area (Å²) in [4.78, 5) is 42.5. The van der Waals surface area contributed by atoms with Crippen molar-refractivity contribution < 1.29 is 48.0 Å². The van der Waals surface area contributed by atoms with Gasteiger partial charge in [0.2, 0.25) is 5.78 Å². The Hall–Kier alpha value is -3.62. The summed E-state index contributed by atoms with van der Waals surface area (Å²) < 4.78 is 39.2. The summed E-state index contributed by atoms with van der Waals surface area (Å²) in [5, 5.41) is 47.3. The van der Waals surface area contributed by atoms with Gasteiger partial charge in [0.15, 0.2) is 11.4 Å². The van der Waals surface area contributed by atoms with Crippen molar-refractivity contribution >= 4 is 23.2 Å². The number of phenols is 1. The van der Waals surface area contributed by atoms with Crippen LogP contribution in [0.2, 0.25) is 0 Å². The van der Waals surface area contributed by atoms with Crippen LogP contribution in [0.25, 0.3) is 0 Å². The number of aliphatic hydroxyl groups is 3. The van der Waals surface area contributed by atoms with Gasteiger partial charge >= 0.3 is 6.18 Å². The molecule has 0 heterocycles. The second-order valence-corrected chi connectivity index (χ2v) is 11.3. The Labute approximate surface area is 233 Å². The quantitative estimate of drug-likeness (QED) is 0.268. The van der Waals surface area contributed by atoms with E-state index in [0.717, 1.165) is 6.92 Å². The molecule has 14 heteroatoms. The molecule has 41 heavy (non-hydrogen) atoms. The van der Waals surface area contributed by atoms with Gasteiger partial charge in [-0.1, -0.05) is 0 Å². The number of fused-ring (bicyclic) bond motifs is 3. The van der Waals surface area contributed by atoms with Crippen molar-refractivity contribution in [3.05, 3.63) is 45.4 Å². The fraction of sp³-hybridized carbons (Fsp3) is 0.519. The van der Waals surface area contributed by atoms with Crippen molar-refractivity contribution in [2.75, 3.05) is 33.1 Å². The Bertz CT molecular complexity index is 1400. The third-order valence-electron chi connectivity index (χ3n) is 8.35. The number of alkyl halides is 3. The molecule has 0 aromatic heterocycles. The van der Waals surface area contributed by atoms with Gasteiger partial charge in [-0.05, 0) is 51.4 Å². The molecule has 4 rings (SSSR count). The minimum Gasteiger partial charge on any atom is -0.510 e. The largest absolute Gasteiger partial charge is 0.510 e. The number of aliphatic hydroxyl groups excluding tert-OH is 2. The number of phenolic OH excluding ortho intramolecular Hbond substituents is 1. The minimum atomic E-state index is -4.55. The fourth-order valence-corrected chi connectivity index (χ4v) is 6.27. The summed E-state index contributed by atoms with van der Waals surface area (Å²) >= 11 is 0. The molecular formula is C27H33F3N4O7. The predicted octanol–water partition coefficient (Wildman–Crippen LogP) is 1.23. The lowest BCUT2D eigenvalue weighted by Gasteiger charge is -2.50. The molecule has 11 nitrogen and oxygen atoms in total. The van der Waals surface area contributed by atoms with Crippen molar-refractivity contribution in [3.8, 4) is 5.75 Å². The smallest absolute Gasteiger partial charge is 0.403 e. The van der Waals surface area contributed by atoms with Crippen LogP contribution in [-0.2, 0) is 22.6 Å². The first-order valence-electron chi connectivity index (χ1n) is 12.8. The fourth-order valence-electron chi connectivity index (χ4n) is 6.27. The monoisotopic (exact) mass is 582 g/mol. The molecular weight excluding hydrogens is 549 g/mol. The van der Waals surface area contributed by atoms with Gasteiger partial charge < -0.3 is 36.4 Å². The summed E-state index contributed by atoms with van der Waals surface area (Å²) in [7, 11) is 6.38. The normalized spacial score (nSPS) is 27.0. The van der Waals surface area contributed by atoms with Crippen LogP contribution in [0.3, 0.4) is 0 Å². The number of allylic oxidation sites excluding steroid dienone is 1. The Morgan fingerprint density at radius 1 is 1.20 bits per heavy atom. The number of carbonyl (C=O) groups is 3. The predicted molar refractivity (Wildman–Crippen MR) is 140 cm³/mol. The molecule has 7 N–H and O–H groups in total. The number of amides is 1. The molecule has 0 saturated carbocycles. The highest BCUT2D eigenvalue weighted by molar-refractivity contribution is 6.24. The van der Waals surface area contributed by atoms with E-state index in [1.54, 1.807) is 19.0 Å². The maximum absolute atomic E-state index is 13.9. The average Bonchev–Trinajstić information content (AvgIpc) is 2.84. The Morgan fingerprint density at radius 3 is 2.32 bits per heavy atom. The van der Waals surface area contributed by atoms with Crippen molar-refractivity contribution in [1.82, 2.24) is 10.2 Å². The molecule has 0 fully saturated rings. The number of hydrogen-bond acceptors (Lipinski definition) is 10. The van der Waals surface area contributed by atoms with E-state index in [0.29, 0.717) is 11.3 Å². The van der Waals surface area contributed by atoms with Crippen LogP contribution in [0.4, 0.5) is 18.9 Å². The molecule has 3 aliphatic rings. The zero-order valence-corrected chi connectivity index (χ0v) is 23.1. The number of ketones is 2. The third-order valence-corrected chi connectivity index (χ3v) is 8.35. The van der Waals surface area contributed by atoms with Gasteiger partial charge in [0.25, 0.3) is 5.91 Å². The number of anilines is 1. The Balaban J connectivity index is 1.90. The van der Waals surface area contributed by atoms with Crippen LogP contribution in [-0.4, -0.2) is 94.9 Å². The average molecular weight is 583 g/mol. The zero-order chi connectivity index (χ0) is 30.9. The second kappa shape index (κ2) is 10.0. The molecule has 0 radical (unpaired) electrons. The summed E-state index contributed by atoms with van der Waals surface area (Å²) in [5.41, 5.74) is 1.83.